The molecule has 0 unspecified atom stereocenters. The van der Waals surface area contributed by atoms with E-state index in [1.807, 2.05) is 37.3 Å². The summed E-state index contributed by atoms with van der Waals surface area (Å²) in [4.78, 5) is 11.8. The van der Waals surface area contributed by atoms with Crippen LogP contribution in [-0.4, -0.2) is 6.03 Å². The Kier molecular flexibility index (Phi) is 4.58. The lowest BCUT2D eigenvalue weighted by atomic mass is 10.1. The first-order valence-electron chi connectivity index (χ1n) is 6.14. The summed E-state index contributed by atoms with van der Waals surface area (Å²) in [5.74, 6) is -0.569. The summed E-state index contributed by atoms with van der Waals surface area (Å²) in [5.41, 5.74) is 1.06. The SMILES string of the molecule is C[C@H](NC(=O)Nc1ccc(Cl)cc1F)c1ccccc1. The maximum Gasteiger partial charge on any atom is 0.319 e. The van der Waals surface area contributed by atoms with E-state index in [0.29, 0.717) is 0 Å². The highest BCUT2D eigenvalue weighted by molar-refractivity contribution is 6.30. The predicted molar refractivity (Wildman–Crippen MR) is 78.4 cm³/mol. The van der Waals surface area contributed by atoms with E-state index in [4.69, 9.17) is 11.6 Å². The first kappa shape index (κ1) is 14.3. The lowest BCUT2D eigenvalue weighted by Gasteiger charge is -2.15. The number of rotatable bonds is 3. The lowest BCUT2D eigenvalue weighted by molar-refractivity contribution is 0.249. The number of carbonyl (C=O) groups is 1. The number of benzene rings is 2. The fourth-order valence-corrected chi connectivity index (χ4v) is 1.93. The molecule has 0 aromatic heterocycles. The number of urea groups is 1. The molecule has 1 atom stereocenters. The van der Waals surface area contributed by atoms with Crippen molar-refractivity contribution in [2.24, 2.45) is 0 Å². The van der Waals surface area contributed by atoms with E-state index >= 15 is 0 Å². The average molecular weight is 293 g/mol. The van der Waals surface area contributed by atoms with Gasteiger partial charge < -0.3 is 10.6 Å². The molecule has 2 N–H and O–H groups in total. The van der Waals surface area contributed by atoms with Crippen LogP contribution in [0.2, 0.25) is 5.02 Å². The van der Waals surface area contributed by atoms with Gasteiger partial charge in [-0.05, 0) is 30.7 Å². The fourth-order valence-electron chi connectivity index (χ4n) is 1.77. The van der Waals surface area contributed by atoms with Crippen molar-refractivity contribution < 1.29 is 9.18 Å². The molecule has 0 fully saturated rings. The van der Waals surface area contributed by atoms with E-state index in [0.717, 1.165) is 11.6 Å². The third-order valence-corrected chi connectivity index (χ3v) is 3.06. The van der Waals surface area contributed by atoms with Gasteiger partial charge in [0, 0.05) is 5.02 Å². The molecule has 20 heavy (non-hydrogen) atoms. The number of hydrogen-bond acceptors (Lipinski definition) is 1. The Hall–Kier alpha value is -2.07. The molecule has 0 saturated carbocycles. The molecule has 2 amide bonds. The molecule has 0 radical (unpaired) electrons. The van der Waals surface area contributed by atoms with E-state index in [9.17, 15) is 9.18 Å². The van der Waals surface area contributed by atoms with Crippen LogP contribution >= 0.6 is 11.6 Å². The molecule has 2 aromatic carbocycles. The van der Waals surface area contributed by atoms with E-state index in [1.165, 1.54) is 12.1 Å². The highest BCUT2D eigenvalue weighted by Crippen LogP contribution is 2.19. The van der Waals surface area contributed by atoms with Gasteiger partial charge in [-0.25, -0.2) is 9.18 Å². The Bertz CT molecular complexity index is 604. The monoisotopic (exact) mass is 292 g/mol. The van der Waals surface area contributed by atoms with Crippen molar-refractivity contribution in [3.8, 4) is 0 Å². The van der Waals surface area contributed by atoms with Crippen molar-refractivity contribution >= 4 is 23.3 Å². The largest absolute Gasteiger partial charge is 0.331 e. The third kappa shape index (κ3) is 3.71. The Labute approximate surface area is 121 Å². The number of halogens is 2. The van der Waals surface area contributed by atoms with Gasteiger partial charge in [-0.15, -0.1) is 0 Å². The number of nitrogens with one attached hydrogen (secondary N) is 2. The minimum Gasteiger partial charge on any atom is -0.331 e. The van der Waals surface area contributed by atoms with Gasteiger partial charge in [-0.1, -0.05) is 41.9 Å². The molecule has 0 aliphatic carbocycles. The highest BCUT2D eigenvalue weighted by Gasteiger charge is 2.11. The third-order valence-electron chi connectivity index (χ3n) is 2.83. The molecule has 0 saturated heterocycles. The molecule has 2 rings (SSSR count). The Balaban J connectivity index is 1.99. The van der Waals surface area contributed by atoms with E-state index < -0.39 is 11.8 Å². The van der Waals surface area contributed by atoms with Gasteiger partial charge >= 0.3 is 6.03 Å². The molecule has 0 bridgehead atoms. The summed E-state index contributed by atoms with van der Waals surface area (Å²) >= 11 is 5.65. The molecular formula is C15H14ClFN2O. The molecule has 0 spiro atoms. The predicted octanol–water partition coefficient (Wildman–Crippen LogP) is 4.36. The van der Waals surface area contributed by atoms with Crippen LogP contribution in [0, 0.1) is 5.82 Å². The maximum atomic E-state index is 13.5. The van der Waals surface area contributed by atoms with Gasteiger partial charge in [0.25, 0.3) is 0 Å². The zero-order valence-electron chi connectivity index (χ0n) is 10.9. The van der Waals surface area contributed by atoms with Crippen molar-refractivity contribution in [3.05, 3.63) is 64.9 Å². The van der Waals surface area contributed by atoms with Gasteiger partial charge in [0.15, 0.2) is 0 Å². The molecule has 3 nitrogen and oxygen atoms in total. The zero-order valence-corrected chi connectivity index (χ0v) is 11.6. The van der Waals surface area contributed by atoms with Crippen LogP contribution in [0.3, 0.4) is 0 Å². The standard InChI is InChI=1S/C15H14ClFN2O/c1-10(11-5-3-2-4-6-11)18-15(20)19-14-8-7-12(16)9-13(14)17/h2-10H,1H3,(H2,18,19,20)/t10-/m0/s1. The van der Waals surface area contributed by atoms with Crippen molar-refractivity contribution in [2.75, 3.05) is 5.32 Å². The van der Waals surface area contributed by atoms with Crippen LogP contribution in [0.5, 0.6) is 0 Å². The van der Waals surface area contributed by atoms with Gasteiger partial charge in [0.2, 0.25) is 0 Å². The van der Waals surface area contributed by atoms with Crippen LogP contribution in [0.15, 0.2) is 48.5 Å². The molecule has 104 valence electrons. The van der Waals surface area contributed by atoms with Crippen LogP contribution in [0.1, 0.15) is 18.5 Å². The lowest BCUT2D eigenvalue weighted by Crippen LogP contribution is -2.31. The number of carbonyl (C=O) groups excluding carboxylic acids is 1. The summed E-state index contributed by atoms with van der Waals surface area (Å²) in [5, 5.41) is 5.47. The molecule has 0 aliphatic heterocycles. The summed E-state index contributed by atoms with van der Waals surface area (Å²) in [6.45, 7) is 1.85. The Morgan fingerprint density at radius 3 is 2.55 bits per heavy atom. The second-order valence-corrected chi connectivity index (χ2v) is 4.79. The smallest absolute Gasteiger partial charge is 0.319 e. The Morgan fingerprint density at radius 1 is 1.20 bits per heavy atom. The van der Waals surface area contributed by atoms with E-state index in [2.05, 4.69) is 10.6 Å². The average Bonchev–Trinajstić information content (AvgIpc) is 2.43. The number of anilines is 1. The normalized spacial score (nSPS) is 11.8. The quantitative estimate of drug-likeness (QED) is 0.867. The molecule has 5 heteroatoms. The maximum absolute atomic E-state index is 13.5. The molecular weight excluding hydrogens is 279 g/mol. The zero-order chi connectivity index (χ0) is 14.5. The molecule has 0 aliphatic rings. The number of hydrogen-bond donors (Lipinski definition) is 2. The first-order valence-corrected chi connectivity index (χ1v) is 6.51. The van der Waals surface area contributed by atoms with Crippen LogP contribution < -0.4 is 10.6 Å². The van der Waals surface area contributed by atoms with Crippen molar-refractivity contribution in [1.29, 1.82) is 0 Å². The summed E-state index contributed by atoms with van der Waals surface area (Å²) < 4.78 is 13.5. The second kappa shape index (κ2) is 6.39. The van der Waals surface area contributed by atoms with Crippen LogP contribution in [0.25, 0.3) is 0 Å². The first-order chi connectivity index (χ1) is 9.56. The van der Waals surface area contributed by atoms with Gasteiger partial charge in [-0.2, -0.15) is 0 Å². The second-order valence-electron chi connectivity index (χ2n) is 4.36. The minimum atomic E-state index is -0.569. The summed E-state index contributed by atoms with van der Waals surface area (Å²) in [7, 11) is 0. The van der Waals surface area contributed by atoms with E-state index in [1.54, 1.807) is 0 Å². The van der Waals surface area contributed by atoms with Gasteiger partial charge in [0.1, 0.15) is 5.82 Å². The molecule has 0 heterocycles. The van der Waals surface area contributed by atoms with Gasteiger partial charge in [0.05, 0.1) is 11.7 Å². The van der Waals surface area contributed by atoms with Crippen molar-refractivity contribution in [2.45, 2.75) is 13.0 Å². The van der Waals surface area contributed by atoms with Crippen LogP contribution in [0.4, 0.5) is 14.9 Å². The van der Waals surface area contributed by atoms with Crippen LogP contribution in [-0.2, 0) is 0 Å². The Morgan fingerprint density at radius 2 is 1.90 bits per heavy atom. The van der Waals surface area contributed by atoms with Crippen molar-refractivity contribution in [1.82, 2.24) is 5.32 Å². The fraction of sp³-hybridized carbons (Fsp3) is 0.133. The molecule has 2 aromatic rings. The summed E-state index contributed by atoms with van der Waals surface area (Å²) in [6, 6.07) is 13.0. The summed E-state index contributed by atoms with van der Waals surface area (Å²) in [6.07, 6.45) is 0. The van der Waals surface area contributed by atoms with E-state index in [-0.39, 0.29) is 16.8 Å². The highest BCUT2D eigenvalue weighted by atomic mass is 35.5. The topological polar surface area (TPSA) is 41.1 Å². The number of amides is 2. The van der Waals surface area contributed by atoms with Gasteiger partial charge in [-0.3, -0.25) is 0 Å². The minimum absolute atomic E-state index is 0.0900. The van der Waals surface area contributed by atoms with Crippen molar-refractivity contribution in [3.63, 3.8) is 0 Å².